The van der Waals surface area contributed by atoms with Crippen LogP contribution >= 0.6 is 0 Å². The maximum atomic E-state index is 12.4. The highest BCUT2D eigenvalue weighted by molar-refractivity contribution is 6.35. The molecular formula is C23H22N2O3. The molecule has 0 fully saturated rings. The molecule has 5 nitrogen and oxygen atoms in total. The molecule has 0 radical (unpaired) electrons. The quantitative estimate of drug-likeness (QED) is 0.639. The molecule has 1 amide bonds. The number of nitrogens with zero attached hydrogens (tertiary/aromatic N) is 2. The number of fused-ring (bicyclic) bond motifs is 1. The van der Waals surface area contributed by atoms with Crippen molar-refractivity contribution in [1.29, 1.82) is 0 Å². The average molecular weight is 374 g/mol. The summed E-state index contributed by atoms with van der Waals surface area (Å²) in [4.78, 5) is 25.9. The van der Waals surface area contributed by atoms with E-state index in [1.807, 2.05) is 36.4 Å². The van der Waals surface area contributed by atoms with Gasteiger partial charge in [0, 0.05) is 24.9 Å². The van der Waals surface area contributed by atoms with Crippen LogP contribution in [-0.4, -0.2) is 28.3 Å². The van der Waals surface area contributed by atoms with Gasteiger partial charge in [0.2, 0.25) is 5.78 Å². The van der Waals surface area contributed by atoms with Crippen molar-refractivity contribution < 1.29 is 14.1 Å². The molecule has 4 rings (SSSR count). The number of Topliss-reactive ketones (excluding diaryl/α,β-unsaturated/α-hetero) is 1. The van der Waals surface area contributed by atoms with E-state index in [1.54, 1.807) is 11.8 Å². The number of carbonyl (C=O) groups is 2. The minimum Gasteiger partial charge on any atom is -0.361 e. The highest BCUT2D eigenvalue weighted by Gasteiger charge is 2.32. The van der Waals surface area contributed by atoms with Crippen molar-refractivity contribution in [1.82, 2.24) is 10.1 Å². The number of aromatic nitrogens is 1. The molecule has 1 aromatic heterocycles. The highest BCUT2D eigenvalue weighted by Crippen LogP contribution is 2.36. The van der Waals surface area contributed by atoms with Gasteiger partial charge >= 0.3 is 0 Å². The molecule has 0 unspecified atom stereocenters. The van der Waals surface area contributed by atoms with Crippen LogP contribution in [0.1, 0.15) is 47.4 Å². The van der Waals surface area contributed by atoms with Gasteiger partial charge in [0.1, 0.15) is 11.5 Å². The van der Waals surface area contributed by atoms with Crippen LogP contribution in [0.5, 0.6) is 0 Å². The fourth-order valence-corrected chi connectivity index (χ4v) is 3.76. The van der Waals surface area contributed by atoms with Crippen LogP contribution in [0.2, 0.25) is 0 Å². The molecule has 0 N–H and O–H groups in total. The summed E-state index contributed by atoms with van der Waals surface area (Å²) in [5.74, 6) is -0.0629. The van der Waals surface area contributed by atoms with E-state index in [-0.39, 0.29) is 18.1 Å². The van der Waals surface area contributed by atoms with Gasteiger partial charge in [-0.2, -0.15) is 0 Å². The van der Waals surface area contributed by atoms with Gasteiger partial charge in [0.15, 0.2) is 0 Å². The van der Waals surface area contributed by atoms with Gasteiger partial charge in [-0.3, -0.25) is 9.59 Å². The molecule has 28 heavy (non-hydrogen) atoms. The van der Waals surface area contributed by atoms with Gasteiger partial charge < -0.3 is 9.42 Å². The molecule has 1 aliphatic heterocycles. The lowest BCUT2D eigenvalue weighted by Crippen LogP contribution is -2.40. The van der Waals surface area contributed by atoms with E-state index < -0.39 is 5.91 Å². The van der Waals surface area contributed by atoms with Gasteiger partial charge in [-0.05, 0) is 11.1 Å². The van der Waals surface area contributed by atoms with Gasteiger partial charge in [0.25, 0.3) is 5.91 Å². The van der Waals surface area contributed by atoms with E-state index in [0.29, 0.717) is 19.5 Å². The third-order valence-corrected chi connectivity index (χ3v) is 5.24. The smallest absolute Gasteiger partial charge is 0.290 e. The first-order valence-corrected chi connectivity index (χ1v) is 9.58. The molecule has 2 aromatic carbocycles. The zero-order valence-corrected chi connectivity index (χ0v) is 15.8. The third kappa shape index (κ3) is 3.36. The topological polar surface area (TPSA) is 63.4 Å². The molecule has 0 saturated carbocycles. The Balaban J connectivity index is 1.75. The van der Waals surface area contributed by atoms with Gasteiger partial charge in [-0.25, -0.2) is 0 Å². The van der Waals surface area contributed by atoms with E-state index in [2.05, 4.69) is 29.4 Å². The molecule has 1 aliphatic rings. The fraction of sp³-hybridized carbons (Fsp3) is 0.261. The minimum atomic E-state index is -0.420. The van der Waals surface area contributed by atoms with Crippen molar-refractivity contribution in [3.05, 3.63) is 88.8 Å². The summed E-state index contributed by atoms with van der Waals surface area (Å²) in [6.07, 6.45) is 0.788. The Bertz CT molecular complexity index is 940. The maximum absolute atomic E-state index is 12.4. The molecule has 5 heteroatoms. The molecule has 142 valence electrons. The summed E-state index contributed by atoms with van der Waals surface area (Å²) < 4.78 is 5.65. The first-order valence-electron chi connectivity index (χ1n) is 9.58. The number of rotatable bonds is 5. The largest absolute Gasteiger partial charge is 0.361 e. The monoisotopic (exact) mass is 374 g/mol. The van der Waals surface area contributed by atoms with Crippen LogP contribution in [0, 0.1) is 0 Å². The summed E-state index contributed by atoms with van der Waals surface area (Å²) in [6.45, 7) is 2.55. The fourth-order valence-electron chi connectivity index (χ4n) is 3.76. The first-order chi connectivity index (χ1) is 13.7. The Kier molecular flexibility index (Phi) is 5.06. The Morgan fingerprint density at radius 2 is 1.64 bits per heavy atom. The first kappa shape index (κ1) is 18.2. The molecule has 0 atom stereocenters. The Morgan fingerprint density at radius 3 is 2.21 bits per heavy atom. The van der Waals surface area contributed by atoms with E-state index in [0.717, 1.165) is 28.1 Å². The second-order valence-electron chi connectivity index (χ2n) is 6.98. The van der Waals surface area contributed by atoms with Crippen LogP contribution in [0.3, 0.4) is 0 Å². The van der Waals surface area contributed by atoms with Crippen LogP contribution < -0.4 is 0 Å². The number of ketones is 1. The van der Waals surface area contributed by atoms with Crippen LogP contribution in [0.15, 0.2) is 65.2 Å². The molecular weight excluding hydrogens is 352 g/mol. The van der Waals surface area contributed by atoms with Gasteiger partial charge in [-0.1, -0.05) is 72.7 Å². The number of carbonyl (C=O) groups excluding carboxylic acids is 2. The van der Waals surface area contributed by atoms with Crippen LogP contribution in [0.25, 0.3) is 0 Å². The molecule has 0 saturated heterocycles. The predicted molar refractivity (Wildman–Crippen MR) is 105 cm³/mol. The molecule has 0 spiro atoms. The zero-order chi connectivity index (χ0) is 19.5. The minimum absolute atomic E-state index is 0.0909. The van der Waals surface area contributed by atoms with Crippen molar-refractivity contribution in [3.8, 4) is 0 Å². The lowest BCUT2D eigenvalue weighted by Gasteiger charge is -2.26. The molecule has 3 aromatic rings. The summed E-state index contributed by atoms with van der Waals surface area (Å²) in [6, 6.07) is 20.3. The summed E-state index contributed by atoms with van der Waals surface area (Å²) in [7, 11) is 0. The van der Waals surface area contributed by atoms with Crippen molar-refractivity contribution in [3.63, 3.8) is 0 Å². The molecule has 0 bridgehead atoms. The van der Waals surface area contributed by atoms with Gasteiger partial charge in [-0.15, -0.1) is 0 Å². The number of benzene rings is 2. The summed E-state index contributed by atoms with van der Waals surface area (Å²) in [5, 5.41) is 4.41. The van der Waals surface area contributed by atoms with E-state index in [9.17, 15) is 9.59 Å². The number of hydrogen-bond donors (Lipinski definition) is 0. The predicted octanol–water partition coefficient (Wildman–Crippen LogP) is 3.72. The summed E-state index contributed by atoms with van der Waals surface area (Å²) in [5.41, 5.74) is 3.95. The van der Waals surface area contributed by atoms with Gasteiger partial charge in [0.05, 0.1) is 12.5 Å². The van der Waals surface area contributed by atoms with Crippen molar-refractivity contribution in [2.24, 2.45) is 0 Å². The second kappa shape index (κ2) is 7.80. The average Bonchev–Trinajstić information content (AvgIpc) is 3.17. The number of hydrogen-bond acceptors (Lipinski definition) is 4. The van der Waals surface area contributed by atoms with Crippen LogP contribution in [0.4, 0.5) is 0 Å². The van der Waals surface area contributed by atoms with Crippen molar-refractivity contribution >= 4 is 11.7 Å². The Morgan fingerprint density at radius 1 is 1.04 bits per heavy atom. The number of amides is 1. The SMILES string of the molecule is CCC(=O)C(=O)N1CCc2onc(C(c3ccccc3)c3ccccc3)c2C1. The lowest BCUT2D eigenvalue weighted by molar-refractivity contribution is -0.145. The van der Waals surface area contributed by atoms with Crippen LogP contribution in [-0.2, 0) is 22.6 Å². The van der Waals surface area contributed by atoms with Crippen molar-refractivity contribution in [2.45, 2.75) is 32.2 Å². The summed E-state index contributed by atoms with van der Waals surface area (Å²) >= 11 is 0. The van der Waals surface area contributed by atoms with E-state index in [1.165, 1.54) is 0 Å². The maximum Gasteiger partial charge on any atom is 0.290 e. The zero-order valence-electron chi connectivity index (χ0n) is 15.8. The second-order valence-corrected chi connectivity index (χ2v) is 6.98. The van der Waals surface area contributed by atoms with E-state index >= 15 is 0 Å². The lowest BCUT2D eigenvalue weighted by atomic mass is 9.85. The third-order valence-electron chi connectivity index (χ3n) is 5.24. The highest BCUT2D eigenvalue weighted by atomic mass is 16.5. The van der Waals surface area contributed by atoms with E-state index in [4.69, 9.17) is 4.52 Å². The standard InChI is InChI=1S/C23H22N2O3/c1-2-19(26)23(27)25-14-13-20-18(15-25)22(24-28-20)21(16-9-5-3-6-10-16)17-11-7-4-8-12-17/h3-12,21H,2,13-15H2,1H3. The Hall–Kier alpha value is -3.21. The molecule has 2 heterocycles. The Labute approximate surface area is 164 Å². The molecule has 0 aliphatic carbocycles. The normalized spacial score (nSPS) is 13.4. The van der Waals surface area contributed by atoms with Crippen molar-refractivity contribution in [2.75, 3.05) is 6.54 Å².